The first-order valence-electron chi connectivity index (χ1n) is 5.50. The van der Waals surface area contributed by atoms with Crippen LogP contribution in [0.4, 0.5) is 11.5 Å². The lowest BCUT2D eigenvalue weighted by Gasteiger charge is -2.26. The van der Waals surface area contributed by atoms with Crippen molar-refractivity contribution in [2.24, 2.45) is 0 Å². The third kappa shape index (κ3) is 1.47. The Balaban J connectivity index is 2.08. The van der Waals surface area contributed by atoms with E-state index >= 15 is 0 Å². The molecule has 1 aliphatic heterocycles. The van der Waals surface area contributed by atoms with Gasteiger partial charge < -0.3 is 14.7 Å². The zero-order valence-corrected chi connectivity index (χ0v) is 9.47. The van der Waals surface area contributed by atoms with Crippen LogP contribution < -0.4 is 9.64 Å². The van der Waals surface area contributed by atoms with Crippen LogP contribution in [0.1, 0.15) is 5.69 Å². The largest absolute Gasteiger partial charge is 0.449 e. The average molecular weight is 231 g/mol. The molecule has 5 heteroatoms. The Labute approximate surface area is 98.6 Å². The van der Waals surface area contributed by atoms with Crippen LogP contribution in [0.25, 0.3) is 0 Å². The highest BCUT2D eigenvalue weighted by atomic mass is 16.5. The molecule has 0 amide bonds. The first kappa shape index (κ1) is 10.2. The van der Waals surface area contributed by atoms with Crippen LogP contribution >= 0.6 is 0 Å². The Bertz CT molecular complexity index is 550. The SMILES string of the molecule is CN1c2ccccc2Oc2c(CCO)n[nH]c21. The molecule has 0 unspecified atom stereocenters. The number of fused-ring (bicyclic) bond motifs is 2. The zero-order valence-electron chi connectivity index (χ0n) is 9.47. The van der Waals surface area contributed by atoms with Crippen molar-refractivity contribution in [1.29, 1.82) is 0 Å². The minimum absolute atomic E-state index is 0.0615. The monoisotopic (exact) mass is 231 g/mol. The summed E-state index contributed by atoms with van der Waals surface area (Å²) >= 11 is 0. The van der Waals surface area contributed by atoms with E-state index in [2.05, 4.69) is 10.2 Å². The molecule has 0 fully saturated rings. The van der Waals surface area contributed by atoms with Crippen LogP contribution in [0.2, 0.25) is 0 Å². The van der Waals surface area contributed by atoms with Crippen molar-refractivity contribution in [2.45, 2.75) is 6.42 Å². The smallest absolute Gasteiger partial charge is 0.193 e. The molecule has 1 aromatic heterocycles. The highest BCUT2D eigenvalue weighted by Crippen LogP contribution is 2.45. The number of aromatic amines is 1. The molecule has 0 atom stereocenters. The molecule has 3 rings (SSSR count). The lowest BCUT2D eigenvalue weighted by atomic mass is 10.2. The Morgan fingerprint density at radius 1 is 1.41 bits per heavy atom. The van der Waals surface area contributed by atoms with Gasteiger partial charge in [0.2, 0.25) is 0 Å². The molecule has 0 aliphatic carbocycles. The van der Waals surface area contributed by atoms with E-state index in [0.29, 0.717) is 12.2 Å². The molecule has 0 radical (unpaired) electrons. The van der Waals surface area contributed by atoms with E-state index < -0.39 is 0 Å². The molecule has 0 spiro atoms. The summed E-state index contributed by atoms with van der Waals surface area (Å²) in [5.41, 5.74) is 1.75. The molecule has 1 aliphatic rings. The van der Waals surface area contributed by atoms with Crippen molar-refractivity contribution in [2.75, 3.05) is 18.6 Å². The topological polar surface area (TPSA) is 61.4 Å². The zero-order chi connectivity index (χ0) is 11.8. The van der Waals surface area contributed by atoms with Crippen molar-refractivity contribution in [3.63, 3.8) is 0 Å². The van der Waals surface area contributed by atoms with Crippen LogP contribution in [0.15, 0.2) is 24.3 Å². The van der Waals surface area contributed by atoms with Gasteiger partial charge in [-0.2, -0.15) is 5.10 Å². The number of aliphatic hydroxyl groups excluding tert-OH is 1. The molecular weight excluding hydrogens is 218 g/mol. The molecule has 2 N–H and O–H groups in total. The molecule has 5 nitrogen and oxygen atoms in total. The highest BCUT2D eigenvalue weighted by molar-refractivity contribution is 5.75. The van der Waals surface area contributed by atoms with Crippen molar-refractivity contribution in [3.8, 4) is 11.5 Å². The molecule has 0 saturated carbocycles. The number of hydrogen-bond acceptors (Lipinski definition) is 4. The summed E-state index contributed by atoms with van der Waals surface area (Å²) in [5, 5.41) is 16.1. The number of aromatic nitrogens is 2. The van der Waals surface area contributed by atoms with Gasteiger partial charge in [0.25, 0.3) is 0 Å². The second-order valence-electron chi connectivity index (χ2n) is 3.95. The summed E-state index contributed by atoms with van der Waals surface area (Å²) in [4.78, 5) is 2.00. The van der Waals surface area contributed by atoms with Gasteiger partial charge in [-0.15, -0.1) is 0 Å². The number of para-hydroxylation sites is 2. The van der Waals surface area contributed by atoms with Crippen LogP contribution in [-0.2, 0) is 6.42 Å². The Morgan fingerprint density at radius 2 is 2.24 bits per heavy atom. The second kappa shape index (κ2) is 3.78. The summed E-state index contributed by atoms with van der Waals surface area (Å²) < 4.78 is 5.82. The maximum atomic E-state index is 8.98. The Kier molecular flexibility index (Phi) is 2.26. The van der Waals surface area contributed by atoms with Gasteiger partial charge in [0.15, 0.2) is 17.3 Å². The number of hydrogen-bond donors (Lipinski definition) is 2. The van der Waals surface area contributed by atoms with Gasteiger partial charge >= 0.3 is 0 Å². The fourth-order valence-corrected chi connectivity index (χ4v) is 2.02. The minimum Gasteiger partial charge on any atom is -0.449 e. The number of rotatable bonds is 2. The number of H-pyrrole nitrogens is 1. The van der Waals surface area contributed by atoms with E-state index in [1.54, 1.807) is 0 Å². The molecule has 2 heterocycles. The molecule has 17 heavy (non-hydrogen) atoms. The van der Waals surface area contributed by atoms with Gasteiger partial charge in [-0.1, -0.05) is 12.1 Å². The van der Waals surface area contributed by atoms with Gasteiger partial charge in [0, 0.05) is 20.1 Å². The van der Waals surface area contributed by atoms with Crippen molar-refractivity contribution < 1.29 is 9.84 Å². The van der Waals surface area contributed by atoms with Gasteiger partial charge in [-0.05, 0) is 12.1 Å². The lowest BCUT2D eigenvalue weighted by molar-refractivity contribution is 0.296. The summed E-state index contributed by atoms with van der Waals surface area (Å²) in [6, 6.07) is 7.81. The van der Waals surface area contributed by atoms with E-state index in [1.165, 1.54) is 0 Å². The average Bonchev–Trinajstić information content (AvgIpc) is 2.74. The second-order valence-corrected chi connectivity index (χ2v) is 3.95. The highest BCUT2D eigenvalue weighted by Gasteiger charge is 2.26. The molecule has 88 valence electrons. The Hall–Kier alpha value is -2.01. The summed E-state index contributed by atoms with van der Waals surface area (Å²) in [5.74, 6) is 2.34. The summed E-state index contributed by atoms with van der Waals surface area (Å²) in [6.45, 7) is 0.0615. The van der Waals surface area contributed by atoms with E-state index in [-0.39, 0.29) is 6.61 Å². The lowest BCUT2D eigenvalue weighted by Crippen LogP contribution is -2.15. The van der Waals surface area contributed by atoms with Gasteiger partial charge in [-0.3, -0.25) is 5.10 Å². The van der Waals surface area contributed by atoms with E-state index in [1.807, 2.05) is 36.2 Å². The first-order valence-corrected chi connectivity index (χ1v) is 5.50. The minimum atomic E-state index is 0.0615. The molecule has 0 bridgehead atoms. The van der Waals surface area contributed by atoms with E-state index in [9.17, 15) is 0 Å². The third-order valence-electron chi connectivity index (χ3n) is 2.90. The summed E-state index contributed by atoms with van der Waals surface area (Å²) in [7, 11) is 1.96. The van der Waals surface area contributed by atoms with Crippen molar-refractivity contribution in [3.05, 3.63) is 30.0 Å². The molecule has 2 aromatic rings. The number of nitrogens with zero attached hydrogens (tertiary/aromatic N) is 2. The predicted molar refractivity (Wildman–Crippen MR) is 64.0 cm³/mol. The normalized spacial score (nSPS) is 12.9. The van der Waals surface area contributed by atoms with Crippen LogP contribution in [0, 0.1) is 0 Å². The molecular formula is C12H13N3O2. The van der Waals surface area contributed by atoms with Gasteiger partial charge in [-0.25, -0.2) is 0 Å². The van der Waals surface area contributed by atoms with Crippen molar-refractivity contribution >= 4 is 11.5 Å². The number of benzene rings is 1. The maximum Gasteiger partial charge on any atom is 0.193 e. The van der Waals surface area contributed by atoms with Gasteiger partial charge in [0.1, 0.15) is 5.69 Å². The number of ether oxygens (including phenoxy) is 1. The fourth-order valence-electron chi connectivity index (χ4n) is 2.02. The molecule has 1 aromatic carbocycles. The van der Waals surface area contributed by atoms with Crippen molar-refractivity contribution in [1.82, 2.24) is 10.2 Å². The standard InChI is InChI=1S/C12H13N3O2/c1-15-9-4-2-3-5-10(9)17-11-8(6-7-16)13-14-12(11)15/h2-5,16H,6-7H2,1H3,(H,13,14). The fraction of sp³-hybridized carbons (Fsp3) is 0.250. The molecule has 0 saturated heterocycles. The van der Waals surface area contributed by atoms with E-state index in [0.717, 1.165) is 22.9 Å². The van der Waals surface area contributed by atoms with E-state index in [4.69, 9.17) is 9.84 Å². The number of anilines is 2. The van der Waals surface area contributed by atoms with Crippen LogP contribution in [0.5, 0.6) is 11.5 Å². The Morgan fingerprint density at radius 3 is 3.06 bits per heavy atom. The number of nitrogens with one attached hydrogen (secondary N) is 1. The first-order chi connectivity index (χ1) is 8.31. The quantitative estimate of drug-likeness (QED) is 0.827. The predicted octanol–water partition coefficient (Wildman–Crippen LogP) is 1.82. The third-order valence-corrected chi connectivity index (χ3v) is 2.90. The maximum absolute atomic E-state index is 8.98. The number of aliphatic hydroxyl groups is 1. The summed E-state index contributed by atoms with van der Waals surface area (Å²) in [6.07, 6.45) is 0.488. The van der Waals surface area contributed by atoms with Crippen LogP contribution in [-0.4, -0.2) is 29.0 Å². The van der Waals surface area contributed by atoms with Crippen LogP contribution in [0.3, 0.4) is 0 Å². The van der Waals surface area contributed by atoms with Gasteiger partial charge in [0.05, 0.1) is 5.69 Å².